The van der Waals surface area contributed by atoms with Crippen molar-refractivity contribution < 1.29 is 82.8 Å². The van der Waals surface area contributed by atoms with Crippen LogP contribution >= 0.6 is 0 Å². The van der Waals surface area contributed by atoms with Crippen molar-refractivity contribution in [2.75, 3.05) is 32.7 Å². The maximum atomic E-state index is 14.5. The fourth-order valence-corrected chi connectivity index (χ4v) is 8.75. The Balaban J connectivity index is 3.70. The number of carbonyl (C=O) groups is 13. The number of nitrogens with zero attached hydrogens (tertiary/aromatic N) is 2. The lowest BCUT2D eigenvalue weighted by molar-refractivity contribution is -0.143. The third-order valence-electron chi connectivity index (χ3n) is 13.7. The molecule has 0 saturated heterocycles. The molecule has 0 aliphatic carbocycles. The van der Waals surface area contributed by atoms with Crippen molar-refractivity contribution in [1.82, 2.24) is 47.9 Å². The summed E-state index contributed by atoms with van der Waals surface area (Å²) in [6, 6.07) is -4.88. The van der Waals surface area contributed by atoms with Gasteiger partial charge in [-0.2, -0.15) is 0 Å². The Kier molecular flexibility index (Phi) is 39.5. The zero-order valence-corrected chi connectivity index (χ0v) is 51.3. The molecule has 0 fully saturated rings. The van der Waals surface area contributed by atoms with E-state index in [4.69, 9.17) is 40.1 Å². The molecule has 510 valence electrons. The highest BCUT2D eigenvalue weighted by atomic mass is 16.4. The molecule has 0 aliphatic heterocycles. The summed E-state index contributed by atoms with van der Waals surface area (Å²) in [6.07, 6.45) is -2.43. The first-order chi connectivity index (χ1) is 43.1. The van der Waals surface area contributed by atoms with E-state index in [1.165, 1.54) is 0 Å². The van der Waals surface area contributed by atoms with Crippen molar-refractivity contribution >= 4 is 89.0 Å². The van der Waals surface area contributed by atoms with Crippen molar-refractivity contribution in [2.45, 2.75) is 190 Å². The molecular formula is C56H94N18O17. The quantitative estimate of drug-likeness (QED) is 0.0165. The molecule has 0 spiro atoms. The molecule has 35 nitrogen and oxygen atoms in total. The lowest BCUT2D eigenvalue weighted by Crippen LogP contribution is -2.60. The normalized spacial score (nSPS) is 13.8. The number of nitrogens with two attached hydrogens (primary N) is 7. The van der Waals surface area contributed by atoms with Crippen LogP contribution in [0, 0.1) is 0 Å². The molecular weight excluding hydrogens is 1200 g/mol. The summed E-state index contributed by atoms with van der Waals surface area (Å²) in [7, 11) is 0. The van der Waals surface area contributed by atoms with Crippen molar-refractivity contribution in [3.05, 3.63) is 35.9 Å². The van der Waals surface area contributed by atoms with E-state index in [-0.39, 0.29) is 102 Å². The van der Waals surface area contributed by atoms with Gasteiger partial charge in [0.15, 0.2) is 11.9 Å². The number of amides is 9. The van der Waals surface area contributed by atoms with Crippen LogP contribution in [0.5, 0.6) is 0 Å². The van der Waals surface area contributed by atoms with Crippen LogP contribution in [0.25, 0.3) is 0 Å². The summed E-state index contributed by atoms with van der Waals surface area (Å²) in [5.74, 6) is -15.3. The highest BCUT2D eigenvalue weighted by Crippen LogP contribution is 2.12. The number of unbranched alkanes of at least 4 members (excludes halogenated alkanes) is 3. The maximum absolute atomic E-state index is 14.5. The first-order valence-corrected chi connectivity index (χ1v) is 30.0. The lowest BCUT2D eigenvalue weighted by Gasteiger charge is -2.28. The van der Waals surface area contributed by atoms with Crippen LogP contribution in [-0.4, -0.2) is 196 Å². The van der Waals surface area contributed by atoms with Gasteiger partial charge in [-0.25, -0.2) is 4.79 Å². The number of aliphatic carboxylic acids is 4. The number of carboxylic acid groups (broad SMARTS) is 4. The first-order valence-electron chi connectivity index (χ1n) is 30.0. The topological polar surface area (TPSA) is 618 Å². The fourth-order valence-electron chi connectivity index (χ4n) is 8.75. The summed E-state index contributed by atoms with van der Waals surface area (Å²) in [5, 5.41) is 60.3. The Hall–Kier alpha value is -9.25. The van der Waals surface area contributed by atoms with Crippen molar-refractivity contribution in [3.8, 4) is 0 Å². The molecule has 9 atom stereocenters. The third-order valence-corrected chi connectivity index (χ3v) is 13.7. The number of carboxylic acids is 4. The molecule has 1 rings (SSSR count). The molecule has 35 heteroatoms. The molecule has 1 aromatic carbocycles. The van der Waals surface area contributed by atoms with Crippen LogP contribution in [0.3, 0.4) is 0 Å². The molecule has 27 N–H and O–H groups in total. The number of carbonyl (C=O) groups excluding carboxylic acids is 9. The van der Waals surface area contributed by atoms with Gasteiger partial charge < -0.3 is 108 Å². The Bertz CT molecular complexity index is 2610. The standard InChI is InChI=1S/C56H94N18O17/c1-2-3-15-41(54(90)91)74-53(89)40(22-25-45(80)81)73-52(88)39(21-24-44(78)79)72-51(87)38(20-23-43(76)77)71-48(84)35(17-8-10-27-58)68-49(85)37(19-12-29-65-56(62)63)70-50(86)36(18-11-28-64-55(60)61)69-47(83)34(16-7-9-26-57)67-42(75)31-66-46(82)33(59)30-32-13-5-4-6-14-32/h4-6,13-14,33-41H,2-3,7-12,15-31,57-59H2,1H3,(H,66,82)(H,67,75)(H,68,85)(H,69,83)(H,70,86)(H,71,84)(H,72,87)(H,73,88)(H,74,89)(H,76,77)(H,78,79)(H,80,81)(H,90,91)(H4,60,61,64)(H4,62,63,65)/t33-,34-,35-,36-,37-,38-,39-,40-,41-/m0/s1. The van der Waals surface area contributed by atoms with Gasteiger partial charge in [-0.1, -0.05) is 50.1 Å². The number of benzene rings is 1. The van der Waals surface area contributed by atoms with Crippen molar-refractivity contribution in [2.24, 2.45) is 50.1 Å². The Labute approximate surface area is 526 Å². The molecule has 0 bridgehead atoms. The van der Waals surface area contributed by atoms with Gasteiger partial charge in [0, 0.05) is 32.4 Å². The summed E-state index contributed by atoms with van der Waals surface area (Å²) in [4.78, 5) is 180. The van der Waals surface area contributed by atoms with E-state index in [0.717, 1.165) is 5.56 Å². The molecule has 0 radical (unpaired) electrons. The highest BCUT2D eigenvalue weighted by molar-refractivity contribution is 5.98. The molecule has 91 heavy (non-hydrogen) atoms. The minimum atomic E-state index is -1.86. The molecule has 0 aliphatic rings. The summed E-state index contributed by atoms with van der Waals surface area (Å²) < 4.78 is 0. The van der Waals surface area contributed by atoms with E-state index >= 15 is 0 Å². The van der Waals surface area contributed by atoms with E-state index < -0.39 is 176 Å². The minimum Gasteiger partial charge on any atom is -0.481 e. The average Bonchev–Trinajstić information content (AvgIpc) is 2.22. The van der Waals surface area contributed by atoms with Gasteiger partial charge in [0.05, 0.1) is 12.6 Å². The SMILES string of the molecule is CCCC[C@H](NC(=O)[C@H](CCC(=O)O)NC(=O)[C@H](CCC(=O)O)NC(=O)[C@H](CCC(=O)O)NC(=O)[C@H](CCCCN)NC(=O)[C@H](CCCN=C(N)N)NC(=O)[C@H](CCCN=C(N)N)NC(=O)[C@H](CCCCN)NC(=O)CNC(=O)[C@@H](N)Cc1ccccc1)C(=O)O. The van der Waals surface area contributed by atoms with E-state index in [0.29, 0.717) is 25.7 Å². The van der Waals surface area contributed by atoms with Crippen LogP contribution in [0.4, 0.5) is 0 Å². The Morgan fingerprint density at radius 3 is 1.05 bits per heavy atom. The average molecular weight is 1290 g/mol. The largest absolute Gasteiger partial charge is 0.481 e. The van der Waals surface area contributed by atoms with Crippen LogP contribution in [0.1, 0.15) is 134 Å². The number of rotatable bonds is 49. The number of guanidine groups is 2. The van der Waals surface area contributed by atoms with Crippen LogP contribution in [0.15, 0.2) is 40.3 Å². The molecule has 0 saturated carbocycles. The van der Waals surface area contributed by atoms with E-state index in [9.17, 15) is 82.8 Å². The molecule has 0 heterocycles. The smallest absolute Gasteiger partial charge is 0.326 e. The zero-order chi connectivity index (χ0) is 68.4. The lowest BCUT2D eigenvalue weighted by atomic mass is 10.0. The Morgan fingerprint density at radius 1 is 0.418 bits per heavy atom. The van der Waals surface area contributed by atoms with Crippen LogP contribution < -0.4 is 88.0 Å². The van der Waals surface area contributed by atoms with Crippen LogP contribution in [-0.2, 0) is 68.7 Å². The number of aliphatic imine (C=N–C) groups is 2. The molecule has 0 unspecified atom stereocenters. The summed E-state index contributed by atoms with van der Waals surface area (Å²) in [6.45, 7) is 1.44. The fraction of sp³-hybridized carbons (Fsp3) is 0.625. The first kappa shape index (κ1) is 79.8. The number of hydrogen-bond donors (Lipinski definition) is 20. The second kappa shape index (κ2) is 45.1. The van der Waals surface area contributed by atoms with Gasteiger partial charge in [0.1, 0.15) is 48.3 Å². The van der Waals surface area contributed by atoms with Gasteiger partial charge >= 0.3 is 23.9 Å². The maximum Gasteiger partial charge on any atom is 0.326 e. The summed E-state index contributed by atoms with van der Waals surface area (Å²) >= 11 is 0. The predicted molar refractivity (Wildman–Crippen MR) is 330 cm³/mol. The number of nitrogens with one attached hydrogen (secondary N) is 9. The monoisotopic (exact) mass is 1290 g/mol. The van der Waals surface area contributed by atoms with Gasteiger partial charge in [-0.3, -0.25) is 67.5 Å². The van der Waals surface area contributed by atoms with Crippen molar-refractivity contribution in [3.63, 3.8) is 0 Å². The molecule has 1 aromatic rings. The summed E-state index contributed by atoms with van der Waals surface area (Å²) in [5.41, 5.74) is 40.5. The zero-order valence-electron chi connectivity index (χ0n) is 51.3. The van der Waals surface area contributed by atoms with E-state index in [1.807, 2.05) is 0 Å². The van der Waals surface area contributed by atoms with Crippen LogP contribution in [0.2, 0.25) is 0 Å². The third kappa shape index (κ3) is 35.5. The Morgan fingerprint density at radius 2 is 0.736 bits per heavy atom. The van der Waals surface area contributed by atoms with Gasteiger partial charge in [0.25, 0.3) is 0 Å². The number of hydrogen-bond acceptors (Lipinski definition) is 18. The molecule has 0 aromatic heterocycles. The van der Waals surface area contributed by atoms with Gasteiger partial charge in [-0.15, -0.1) is 0 Å². The highest BCUT2D eigenvalue weighted by Gasteiger charge is 2.35. The molecule has 9 amide bonds. The predicted octanol–water partition coefficient (Wildman–Crippen LogP) is -5.21. The second-order valence-corrected chi connectivity index (χ2v) is 21.3. The van der Waals surface area contributed by atoms with E-state index in [1.54, 1.807) is 37.3 Å². The van der Waals surface area contributed by atoms with Crippen molar-refractivity contribution in [1.29, 1.82) is 0 Å². The van der Waals surface area contributed by atoms with E-state index in [2.05, 4.69) is 57.8 Å². The van der Waals surface area contributed by atoms with Gasteiger partial charge in [0.2, 0.25) is 53.2 Å². The van der Waals surface area contributed by atoms with Gasteiger partial charge in [-0.05, 0) is 115 Å². The minimum absolute atomic E-state index is 0.0195. The second-order valence-electron chi connectivity index (χ2n) is 21.3.